The van der Waals surface area contributed by atoms with Crippen LogP contribution in [0.25, 0.3) is 0 Å². The largest absolute Gasteiger partial charge is 0.455 e. The van der Waals surface area contributed by atoms with Crippen molar-refractivity contribution in [2.24, 2.45) is 0 Å². The molecular formula is C14H34O5Si2. The lowest BCUT2D eigenvalue weighted by Gasteiger charge is -2.34. The van der Waals surface area contributed by atoms with Crippen LogP contribution in [0.3, 0.4) is 0 Å². The van der Waals surface area contributed by atoms with E-state index < -0.39 is 16.6 Å². The highest BCUT2D eigenvalue weighted by molar-refractivity contribution is 6.84. The monoisotopic (exact) mass is 338 g/mol. The van der Waals surface area contributed by atoms with Gasteiger partial charge < -0.3 is 23.8 Å². The Morgan fingerprint density at radius 3 is 1.38 bits per heavy atom. The molecule has 0 heterocycles. The van der Waals surface area contributed by atoms with Gasteiger partial charge in [0.05, 0.1) is 26.4 Å². The van der Waals surface area contributed by atoms with E-state index >= 15 is 0 Å². The van der Waals surface area contributed by atoms with Gasteiger partial charge in [-0.05, 0) is 51.1 Å². The molecule has 0 radical (unpaired) electrons. The van der Waals surface area contributed by atoms with E-state index in [0.29, 0.717) is 26.4 Å². The first kappa shape index (κ1) is 21.2. The van der Waals surface area contributed by atoms with Crippen LogP contribution in [0.4, 0.5) is 0 Å². The normalized spacial score (nSPS) is 12.9. The van der Waals surface area contributed by atoms with E-state index in [0.717, 1.165) is 24.9 Å². The summed E-state index contributed by atoms with van der Waals surface area (Å²) in [6.45, 7) is 11.5. The molecule has 0 bridgehead atoms. The van der Waals surface area contributed by atoms with Gasteiger partial charge in [-0.1, -0.05) is 0 Å². The van der Waals surface area contributed by atoms with Crippen LogP contribution in [0.1, 0.15) is 12.8 Å². The fraction of sp³-hybridized carbons (Fsp3) is 1.00. The number of rotatable bonds is 14. The zero-order chi connectivity index (χ0) is 16.2. The summed E-state index contributed by atoms with van der Waals surface area (Å²) in [5, 5.41) is 17.3. The number of aliphatic hydroxyl groups excluding tert-OH is 2. The average molecular weight is 339 g/mol. The number of aliphatic hydroxyl groups is 2. The van der Waals surface area contributed by atoms with Gasteiger partial charge in [0, 0.05) is 13.2 Å². The minimum absolute atomic E-state index is 0.0929. The molecule has 0 atom stereocenters. The summed E-state index contributed by atoms with van der Waals surface area (Å²) in [7, 11) is -3.27. The Labute approximate surface area is 131 Å². The molecule has 0 aromatic heterocycles. The topological polar surface area (TPSA) is 68.2 Å². The molecule has 7 heteroatoms. The van der Waals surface area contributed by atoms with E-state index in [4.69, 9.17) is 23.8 Å². The van der Waals surface area contributed by atoms with Crippen molar-refractivity contribution in [3.63, 3.8) is 0 Å². The van der Waals surface area contributed by atoms with Crippen molar-refractivity contribution in [2.45, 2.75) is 51.1 Å². The number of ether oxygens (including phenoxy) is 2. The van der Waals surface area contributed by atoms with Gasteiger partial charge in [-0.2, -0.15) is 0 Å². The standard InChI is InChI=1S/C14H34O5Si2/c1-20(2,13-5-9-17-11-7-15)19-21(3,4)14-6-10-18-12-8-16/h15-16H,5-14H2,1-4H3. The third-order valence-corrected chi connectivity index (χ3v) is 10.7. The van der Waals surface area contributed by atoms with Crippen molar-refractivity contribution in [2.75, 3.05) is 39.6 Å². The van der Waals surface area contributed by atoms with Gasteiger partial charge in [0.25, 0.3) is 0 Å². The van der Waals surface area contributed by atoms with Crippen LogP contribution in [0.2, 0.25) is 38.3 Å². The molecule has 0 rings (SSSR count). The van der Waals surface area contributed by atoms with Gasteiger partial charge in [0.15, 0.2) is 16.6 Å². The van der Waals surface area contributed by atoms with Gasteiger partial charge in [0.1, 0.15) is 0 Å². The predicted molar refractivity (Wildman–Crippen MR) is 90.7 cm³/mol. The highest BCUT2D eigenvalue weighted by atomic mass is 28.4. The molecule has 2 N–H and O–H groups in total. The minimum Gasteiger partial charge on any atom is -0.455 e. The molecule has 0 spiro atoms. The maximum Gasteiger partial charge on any atom is 0.173 e. The third-order valence-electron chi connectivity index (χ3n) is 3.16. The molecule has 0 aliphatic heterocycles. The van der Waals surface area contributed by atoms with Crippen LogP contribution in [0, 0.1) is 0 Å². The molecule has 0 aromatic carbocycles. The van der Waals surface area contributed by atoms with E-state index in [1.54, 1.807) is 0 Å². The van der Waals surface area contributed by atoms with Crippen molar-refractivity contribution >= 4 is 16.6 Å². The van der Waals surface area contributed by atoms with Crippen LogP contribution in [0.5, 0.6) is 0 Å². The Balaban J connectivity index is 3.87. The summed E-state index contributed by atoms with van der Waals surface area (Å²) >= 11 is 0. The van der Waals surface area contributed by atoms with Gasteiger partial charge in [-0.25, -0.2) is 0 Å². The fourth-order valence-electron chi connectivity index (χ4n) is 2.38. The highest BCUT2D eigenvalue weighted by Gasteiger charge is 2.32. The number of hydrogen-bond acceptors (Lipinski definition) is 5. The van der Waals surface area contributed by atoms with E-state index in [1.165, 1.54) is 0 Å². The SMILES string of the molecule is C[Si](C)(CCCOCCO)O[Si](C)(C)CCCOCCO. The zero-order valence-corrected chi connectivity index (χ0v) is 16.2. The Morgan fingerprint density at radius 1 is 0.667 bits per heavy atom. The summed E-state index contributed by atoms with van der Waals surface area (Å²) in [4.78, 5) is 0. The Kier molecular flexibility index (Phi) is 11.9. The summed E-state index contributed by atoms with van der Waals surface area (Å²) in [6, 6.07) is 2.19. The van der Waals surface area contributed by atoms with E-state index in [-0.39, 0.29) is 13.2 Å². The molecule has 0 aliphatic rings. The van der Waals surface area contributed by atoms with Crippen molar-refractivity contribution in [1.29, 1.82) is 0 Å². The maximum absolute atomic E-state index is 8.66. The molecule has 0 amide bonds. The van der Waals surface area contributed by atoms with Gasteiger partial charge in [-0.15, -0.1) is 0 Å². The lowest BCUT2D eigenvalue weighted by molar-refractivity contribution is 0.0920. The molecule has 0 aromatic rings. The molecule has 0 saturated heterocycles. The molecule has 0 unspecified atom stereocenters. The average Bonchev–Trinajstić information content (AvgIpc) is 2.36. The zero-order valence-electron chi connectivity index (χ0n) is 14.2. The summed E-state index contributed by atoms with van der Waals surface area (Å²) in [5.41, 5.74) is 0. The highest BCUT2D eigenvalue weighted by Crippen LogP contribution is 2.23. The first-order valence-electron chi connectivity index (χ1n) is 7.90. The van der Waals surface area contributed by atoms with Crippen LogP contribution in [-0.2, 0) is 13.6 Å². The minimum atomic E-state index is -1.64. The molecule has 5 nitrogen and oxygen atoms in total. The van der Waals surface area contributed by atoms with Gasteiger partial charge in [0.2, 0.25) is 0 Å². The second-order valence-corrected chi connectivity index (χ2v) is 15.4. The van der Waals surface area contributed by atoms with Crippen molar-refractivity contribution in [3.05, 3.63) is 0 Å². The lowest BCUT2D eigenvalue weighted by Crippen LogP contribution is -2.44. The summed E-state index contributed by atoms with van der Waals surface area (Å²) < 4.78 is 17.1. The predicted octanol–water partition coefficient (Wildman–Crippen LogP) is 2.21. The third kappa shape index (κ3) is 13.6. The lowest BCUT2D eigenvalue weighted by atomic mass is 10.5. The van der Waals surface area contributed by atoms with Crippen LogP contribution in [-0.4, -0.2) is 66.5 Å². The van der Waals surface area contributed by atoms with Crippen LogP contribution >= 0.6 is 0 Å². The fourth-order valence-corrected chi connectivity index (χ4v) is 11.2. The summed E-state index contributed by atoms with van der Waals surface area (Å²) in [5.74, 6) is 0. The molecule has 0 saturated carbocycles. The number of hydrogen-bond donors (Lipinski definition) is 2. The molecule has 128 valence electrons. The second-order valence-electron chi connectivity index (χ2n) is 6.50. The van der Waals surface area contributed by atoms with Crippen molar-refractivity contribution in [1.82, 2.24) is 0 Å². The van der Waals surface area contributed by atoms with Crippen LogP contribution in [0.15, 0.2) is 0 Å². The molecule has 0 fully saturated rings. The van der Waals surface area contributed by atoms with Gasteiger partial charge >= 0.3 is 0 Å². The first-order valence-corrected chi connectivity index (χ1v) is 14.1. The Hall–Kier alpha value is 0.234. The molecule has 21 heavy (non-hydrogen) atoms. The molecular weight excluding hydrogens is 304 g/mol. The summed E-state index contributed by atoms with van der Waals surface area (Å²) in [6.07, 6.45) is 2.01. The quantitative estimate of drug-likeness (QED) is 0.375. The van der Waals surface area contributed by atoms with E-state index in [2.05, 4.69) is 26.2 Å². The molecule has 0 aliphatic carbocycles. The Morgan fingerprint density at radius 2 is 1.05 bits per heavy atom. The maximum atomic E-state index is 8.66. The second kappa shape index (κ2) is 11.8. The Bertz CT molecular complexity index is 226. The van der Waals surface area contributed by atoms with Crippen LogP contribution < -0.4 is 0 Å². The van der Waals surface area contributed by atoms with Crippen molar-refractivity contribution in [3.8, 4) is 0 Å². The van der Waals surface area contributed by atoms with E-state index in [9.17, 15) is 0 Å². The van der Waals surface area contributed by atoms with E-state index in [1.807, 2.05) is 0 Å². The first-order chi connectivity index (χ1) is 9.83. The van der Waals surface area contributed by atoms with Crippen molar-refractivity contribution < 1.29 is 23.8 Å². The smallest absolute Gasteiger partial charge is 0.173 e. The van der Waals surface area contributed by atoms with Gasteiger partial charge in [-0.3, -0.25) is 0 Å².